The molecule has 0 saturated heterocycles. The van der Waals surface area contributed by atoms with Crippen LogP contribution in [0.15, 0.2) is 29.4 Å². The molecule has 1 heterocycles. The number of ether oxygens (including phenoxy) is 1. The minimum absolute atomic E-state index is 0.0185. The maximum absolute atomic E-state index is 11.7. The molecule has 6 heteroatoms. The van der Waals surface area contributed by atoms with Gasteiger partial charge in [-0.25, -0.2) is 4.98 Å². The average Bonchev–Trinajstić information content (AvgIpc) is 2.79. The third-order valence-corrected chi connectivity index (χ3v) is 3.40. The van der Waals surface area contributed by atoms with Crippen molar-refractivity contribution in [1.82, 2.24) is 15.3 Å². The number of nitrogens with one attached hydrogen (secondary N) is 2. The Kier molecular flexibility index (Phi) is 4.81. The Labute approximate surface area is 116 Å². The van der Waals surface area contributed by atoms with Gasteiger partial charge in [0.15, 0.2) is 5.16 Å². The van der Waals surface area contributed by atoms with Crippen LogP contribution in [-0.2, 0) is 9.53 Å². The summed E-state index contributed by atoms with van der Waals surface area (Å²) in [4.78, 5) is 19.3. The van der Waals surface area contributed by atoms with Crippen LogP contribution in [0.4, 0.5) is 0 Å². The van der Waals surface area contributed by atoms with Gasteiger partial charge in [0.05, 0.1) is 23.4 Å². The lowest BCUT2D eigenvalue weighted by molar-refractivity contribution is -0.119. The van der Waals surface area contributed by atoms with Crippen molar-refractivity contribution in [1.29, 1.82) is 0 Å². The van der Waals surface area contributed by atoms with Gasteiger partial charge in [0.1, 0.15) is 0 Å². The lowest BCUT2D eigenvalue weighted by Gasteiger charge is -2.11. The second-order valence-corrected chi connectivity index (χ2v) is 5.24. The first-order chi connectivity index (χ1) is 9.19. The lowest BCUT2D eigenvalue weighted by Crippen LogP contribution is -2.36. The summed E-state index contributed by atoms with van der Waals surface area (Å²) in [7, 11) is 1.62. The molecular weight excluding hydrogens is 262 g/mol. The predicted molar refractivity (Wildman–Crippen MR) is 76.3 cm³/mol. The molecule has 0 fully saturated rings. The predicted octanol–water partition coefficient (Wildman–Crippen LogP) is 1.81. The van der Waals surface area contributed by atoms with E-state index < -0.39 is 0 Å². The number of nitrogens with zero attached hydrogens (tertiary/aromatic N) is 1. The van der Waals surface area contributed by atoms with Crippen LogP contribution in [0.25, 0.3) is 11.0 Å². The summed E-state index contributed by atoms with van der Waals surface area (Å²) < 4.78 is 4.97. The Morgan fingerprint density at radius 3 is 3.05 bits per heavy atom. The number of aromatic nitrogens is 2. The van der Waals surface area contributed by atoms with Crippen molar-refractivity contribution < 1.29 is 9.53 Å². The number of thioether (sulfide) groups is 1. The quantitative estimate of drug-likeness (QED) is 0.791. The van der Waals surface area contributed by atoms with Crippen LogP contribution in [-0.4, -0.2) is 41.4 Å². The number of benzene rings is 1. The Morgan fingerprint density at radius 2 is 2.32 bits per heavy atom. The number of hydrogen-bond donors (Lipinski definition) is 2. The fraction of sp³-hybridized carbons (Fsp3) is 0.385. The molecule has 5 nitrogen and oxygen atoms in total. The van der Waals surface area contributed by atoms with Gasteiger partial charge in [-0.2, -0.15) is 0 Å². The minimum Gasteiger partial charge on any atom is -0.383 e. The van der Waals surface area contributed by atoms with Gasteiger partial charge < -0.3 is 15.0 Å². The second-order valence-electron chi connectivity index (χ2n) is 4.27. The summed E-state index contributed by atoms with van der Waals surface area (Å²) in [6, 6.07) is 7.82. The number of carbonyl (C=O) groups excluding carboxylic acids is 1. The molecule has 0 spiro atoms. The van der Waals surface area contributed by atoms with E-state index in [-0.39, 0.29) is 11.9 Å². The van der Waals surface area contributed by atoms with Crippen molar-refractivity contribution in [2.24, 2.45) is 0 Å². The molecule has 2 rings (SSSR count). The van der Waals surface area contributed by atoms with Crippen LogP contribution in [0.3, 0.4) is 0 Å². The molecular formula is C13H17N3O2S. The summed E-state index contributed by atoms with van der Waals surface area (Å²) >= 11 is 1.39. The molecule has 1 aromatic carbocycles. The number of para-hydroxylation sites is 2. The average molecular weight is 279 g/mol. The normalized spacial score (nSPS) is 12.5. The first-order valence-electron chi connectivity index (χ1n) is 6.05. The van der Waals surface area contributed by atoms with Crippen molar-refractivity contribution >= 4 is 28.7 Å². The van der Waals surface area contributed by atoms with Crippen LogP contribution in [0, 0.1) is 0 Å². The second kappa shape index (κ2) is 6.58. The summed E-state index contributed by atoms with van der Waals surface area (Å²) in [5.41, 5.74) is 1.90. The molecule has 1 atom stereocenters. The van der Waals surface area contributed by atoms with Crippen LogP contribution >= 0.6 is 11.8 Å². The molecule has 0 bridgehead atoms. The summed E-state index contributed by atoms with van der Waals surface area (Å²) in [5.74, 6) is 0.323. The molecule has 1 amide bonds. The number of methoxy groups -OCH3 is 1. The largest absolute Gasteiger partial charge is 0.383 e. The van der Waals surface area contributed by atoms with E-state index in [9.17, 15) is 4.79 Å². The van der Waals surface area contributed by atoms with Gasteiger partial charge in [0.2, 0.25) is 5.91 Å². The van der Waals surface area contributed by atoms with Crippen LogP contribution in [0.2, 0.25) is 0 Å². The van der Waals surface area contributed by atoms with Crippen molar-refractivity contribution in [3.8, 4) is 0 Å². The van der Waals surface area contributed by atoms with Gasteiger partial charge in [0, 0.05) is 13.2 Å². The topological polar surface area (TPSA) is 67.0 Å². The van der Waals surface area contributed by atoms with Crippen LogP contribution in [0.5, 0.6) is 0 Å². The van der Waals surface area contributed by atoms with E-state index in [4.69, 9.17) is 4.74 Å². The molecule has 0 aliphatic carbocycles. The van der Waals surface area contributed by atoms with Crippen molar-refractivity contribution in [2.75, 3.05) is 19.5 Å². The highest BCUT2D eigenvalue weighted by molar-refractivity contribution is 7.99. The Balaban J connectivity index is 1.86. The summed E-state index contributed by atoms with van der Waals surface area (Å²) in [6.07, 6.45) is 0. The fourth-order valence-electron chi connectivity index (χ4n) is 1.74. The van der Waals surface area contributed by atoms with Crippen LogP contribution < -0.4 is 5.32 Å². The van der Waals surface area contributed by atoms with E-state index >= 15 is 0 Å². The maximum atomic E-state index is 11.7. The van der Waals surface area contributed by atoms with Gasteiger partial charge in [-0.15, -0.1) is 0 Å². The fourth-order valence-corrected chi connectivity index (χ4v) is 2.44. The molecule has 0 aliphatic rings. The highest BCUT2D eigenvalue weighted by atomic mass is 32.2. The van der Waals surface area contributed by atoms with Gasteiger partial charge in [-0.05, 0) is 19.1 Å². The smallest absolute Gasteiger partial charge is 0.230 e. The molecule has 0 radical (unpaired) electrons. The van der Waals surface area contributed by atoms with E-state index in [2.05, 4.69) is 15.3 Å². The Morgan fingerprint density at radius 1 is 1.53 bits per heavy atom. The number of imidazole rings is 1. The molecule has 1 unspecified atom stereocenters. The van der Waals surface area contributed by atoms with E-state index in [0.29, 0.717) is 12.4 Å². The van der Waals surface area contributed by atoms with Gasteiger partial charge in [-0.3, -0.25) is 4.79 Å². The van der Waals surface area contributed by atoms with Crippen molar-refractivity contribution in [3.63, 3.8) is 0 Å². The molecule has 102 valence electrons. The van der Waals surface area contributed by atoms with Crippen molar-refractivity contribution in [3.05, 3.63) is 24.3 Å². The van der Waals surface area contributed by atoms with E-state index in [0.717, 1.165) is 16.2 Å². The number of aromatic amines is 1. The van der Waals surface area contributed by atoms with E-state index in [1.54, 1.807) is 7.11 Å². The molecule has 0 aliphatic heterocycles. The van der Waals surface area contributed by atoms with E-state index in [1.165, 1.54) is 11.8 Å². The number of amides is 1. The van der Waals surface area contributed by atoms with Gasteiger partial charge in [-0.1, -0.05) is 23.9 Å². The lowest BCUT2D eigenvalue weighted by atomic mass is 10.3. The Hall–Kier alpha value is -1.53. The molecule has 2 N–H and O–H groups in total. The minimum atomic E-state index is -0.0185. The highest BCUT2D eigenvalue weighted by Crippen LogP contribution is 2.18. The molecule has 0 saturated carbocycles. The number of carbonyl (C=O) groups is 1. The van der Waals surface area contributed by atoms with Crippen LogP contribution in [0.1, 0.15) is 6.92 Å². The van der Waals surface area contributed by atoms with Gasteiger partial charge in [0.25, 0.3) is 0 Å². The molecule has 19 heavy (non-hydrogen) atoms. The molecule has 1 aromatic heterocycles. The number of rotatable bonds is 6. The zero-order chi connectivity index (χ0) is 13.7. The standard InChI is InChI=1S/C13H17N3O2S/c1-9(7-18-2)14-12(17)8-19-13-15-10-5-3-4-6-11(10)16-13/h3-6,9H,7-8H2,1-2H3,(H,14,17)(H,15,16). The highest BCUT2D eigenvalue weighted by Gasteiger charge is 2.09. The Bertz CT molecular complexity index is 523. The number of H-pyrrole nitrogens is 1. The molecule has 2 aromatic rings. The number of fused-ring (bicyclic) bond motifs is 1. The maximum Gasteiger partial charge on any atom is 0.230 e. The third kappa shape index (κ3) is 3.97. The monoisotopic (exact) mass is 279 g/mol. The van der Waals surface area contributed by atoms with Gasteiger partial charge >= 0.3 is 0 Å². The zero-order valence-electron chi connectivity index (χ0n) is 11.0. The SMILES string of the molecule is COCC(C)NC(=O)CSc1nc2ccccc2[nH]1. The number of hydrogen-bond acceptors (Lipinski definition) is 4. The zero-order valence-corrected chi connectivity index (χ0v) is 11.8. The van der Waals surface area contributed by atoms with E-state index in [1.807, 2.05) is 31.2 Å². The third-order valence-electron chi connectivity index (χ3n) is 2.53. The first kappa shape index (κ1) is 13.9. The summed E-state index contributed by atoms with van der Waals surface area (Å²) in [6.45, 7) is 2.42. The summed E-state index contributed by atoms with van der Waals surface area (Å²) in [5, 5.41) is 3.62. The van der Waals surface area contributed by atoms with Crippen molar-refractivity contribution in [2.45, 2.75) is 18.1 Å². The first-order valence-corrected chi connectivity index (χ1v) is 7.03.